The van der Waals surface area contributed by atoms with Gasteiger partial charge in [-0.05, 0) is 36.4 Å². The van der Waals surface area contributed by atoms with E-state index in [1.54, 1.807) is 0 Å². The van der Waals surface area contributed by atoms with Gasteiger partial charge in [0.05, 0.1) is 7.92 Å². The Labute approximate surface area is 129 Å². The standard InChI is InChI=1S/C18H15P.C2H6/c1-4-10-16(11-5-1)19(17-12-6-2-7-13-17)18-14-8-3-9-15-18;1-2/h1-15H;1-2H3/p+1. The van der Waals surface area contributed by atoms with Crippen molar-refractivity contribution in [2.75, 3.05) is 0 Å². The minimum atomic E-state index is -0.877. The van der Waals surface area contributed by atoms with Crippen molar-refractivity contribution < 1.29 is 0 Å². The molecule has 0 aromatic heterocycles. The molecule has 1 heteroatoms. The minimum absolute atomic E-state index is 0.877. The molecule has 0 radical (unpaired) electrons. The molecular formula is C20H22P+. The molecular weight excluding hydrogens is 271 g/mol. The summed E-state index contributed by atoms with van der Waals surface area (Å²) in [6.45, 7) is 4.00. The highest BCUT2D eigenvalue weighted by molar-refractivity contribution is 7.79. The fourth-order valence-electron chi connectivity index (χ4n) is 2.31. The van der Waals surface area contributed by atoms with E-state index in [0.717, 1.165) is 0 Å². The number of hydrogen-bond acceptors (Lipinski definition) is 0. The lowest BCUT2D eigenvalue weighted by molar-refractivity contribution is 1.50. The third-order valence-corrected chi connectivity index (χ3v) is 5.92. The molecule has 0 unspecified atom stereocenters. The molecule has 0 amide bonds. The van der Waals surface area contributed by atoms with Crippen molar-refractivity contribution in [3.63, 3.8) is 0 Å². The zero-order valence-corrected chi connectivity index (χ0v) is 13.7. The summed E-state index contributed by atoms with van der Waals surface area (Å²) >= 11 is 0. The van der Waals surface area contributed by atoms with Crippen LogP contribution in [0.25, 0.3) is 0 Å². The van der Waals surface area contributed by atoms with Crippen LogP contribution in [0.2, 0.25) is 0 Å². The van der Waals surface area contributed by atoms with Crippen LogP contribution in [-0.4, -0.2) is 0 Å². The Morgan fingerprint density at radius 1 is 0.429 bits per heavy atom. The Morgan fingerprint density at radius 2 is 0.667 bits per heavy atom. The largest absolute Gasteiger partial charge is 0.102 e. The van der Waals surface area contributed by atoms with Crippen molar-refractivity contribution in [1.29, 1.82) is 0 Å². The Morgan fingerprint density at radius 3 is 0.905 bits per heavy atom. The highest BCUT2D eigenvalue weighted by Crippen LogP contribution is 2.32. The molecule has 3 aromatic carbocycles. The first-order valence-corrected chi connectivity index (χ1v) is 8.98. The van der Waals surface area contributed by atoms with E-state index in [2.05, 4.69) is 91.0 Å². The molecule has 0 nitrogen and oxygen atoms in total. The zero-order chi connectivity index (χ0) is 14.9. The van der Waals surface area contributed by atoms with Crippen LogP contribution in [0.5, 0.6) is 0 Å². The molecule has 0 heterocycles. The summed E-state index contributed by atoms with van der Waals surface area (Å²) in [4.78, 5) is 0. The summed E-state index contributed by atoms with van der Waals surface area (Å²) < 4.78 is 0. The molecule has 0 aliphatic heterocycles. The van der Waals surface area contributed by atoms with Crippen LogP contribution in [-0.2, 0) is 0 Å². The lowest BCUT2D eigenvalue weighted by Gasteiger charge is -2.10. The van der Waals surface area contributed by atoms with E-state index in [1.165, 1.54) is 15.9 Å². The van der Waals surface area contributed by atoms with Gasteiger partial charge < -0.3 is 0 Å². The molecule has 3 aromatic rings. The van der Waals surface area contributed by atoms with E-state index in [4.69, 9.17) is 0 Å². The van der Waals surface area contributed by atoms with Gasteiger partial charge in [0.15, 0.2) is 0 Å². The van der Waals surface area contributed by atoms with Gasteiger partial charge in [-0.3, -0.25) is 0 Å². The molecule has 0 saturated heterocycles. The van der Waals surface area contributed by atoms with Crippen LogP contribution in [0, 0.1) is 0 Å². The van der Waals surface area contributed by atoms with E-state index in [-0.39, 0.29) is 0 Å². The lowest BCUT2D eigenvalue weighted by Crippen LogP contribution is -2.20. The van der Waals surface area contributed by atoms with Gasteiger partial charge in [0, 0.05) is 0 Å². The van der Waals surface area contributed by atoms with Gasteiger partial charge in [-0.1, -0.05) is 68.4 Å². The molecule has 0 bridgehead atoms. The van der Waals surface area contributed by atoms with Gasteiger partial charge in [-0.25, -0.2) is 0 Å². The summed E-state index contributed by atoms with van der Waals surface area (Å²) in [5.41, 5.74) is 0. The molecule has 106 valence electrons. The van der Waals surface area contributed by atoms with Crippen molar-refractivity contribution in [3.8, 4) is 0 Å². The van der Waals surface area contributed by atoms with Gasteiger partial charge in [-0.15, -0.1) is 0 Å². The molecule has 0 spiro atoms. The van der Waals surface area contributed by atoms with Crippen LogP contribution in [0.3, 0.4) is 0 Å². The second kappa shape index (κ2) is 8.39. The third-order valence-electron chi connectivity index (χ3n) is 3.19. The van der Waals surface area contributed by atoms with E-state index >= 15 is 0 Å². The first-order chi connectivity index (χ1) is 10.4. The van der Waals surface area contributed by atoms with E-state index in [9.17, 15) is 0 Å². The SMILES string of the molecule is CC.c1ccc([PH+](c2ccccc2)c2ccccc2)cc1. The number of hydrogen-bond donors (Lipinski definition) is 0. The maximum absolute atomic E-state index is 2.24. The predicted octanol–water partition coefficient (Wildman–Crippen LogP) is 4.20. The molecule has 0 aliphatic rings. The smallest absolute Gasteiger partial charge is 0.0683 e. The van der Waals surface area contributed by atoms with Crippen LogP contribution in [0.4, 0.5) is 0 Å². The predicted molar refractivity (Wildman–Crippen MR) is 97.9 cm³/mol. The summed E-state index contributed by atoms with van der Waals surface area (Å²) in [7, 11) is -0.877. The first-order valence-electron chi connectivity index (χ1n) is 7.48. The van der Waals surface area contributed by atoms with Crippen molar-refractivity contribution in [1.82, 2.24) is 0 Å². The van der Waals surface area contributed by atoms with Crippen molar-refractivity contribution in [3.05, 3.63) is 91.0 Å². The highest BCUT2D eigenvalue weighted by atomic mass is 31.1. The van der Waals surface area contributed by atoms with Crippen LogP contribution in [0.1, 0.15) is 13.8 Å². The molecule has 0 saturated carbocycles. The summed E-state index contributed by atoms with van der Waals surface area (Å²) in [5, 5.41) is 4.31. The van der Waals surface area contributed by atoms with Crippen LogP contribution < -0.4 is 15.9 Å². The number of benzene rings is 3. The van der Waals surface area contributed by atoms with Crippen molar-refractivity contribution >= 4 is 23.8 Å². The minimum Gasteiger partial charge on any atom is -0.0683 e. The maximum Gasteiger partial charge on any atom is 0.102 e. The maximum atomic E-state index is 2.24. The molecule has 3 rings (SSSR count). The quantitative estimate of drug-likeness (QED) is 0.635. The summed E-state index contributed by atoms with van der Waals surface area (Å²) in [6, 6.07) is 32.5. The van der Waals surface area contributed by atoms with E-state index < -0.39 is 7.92 Å². The average Bonchev–Trinajstić information content (AvgIpc) is 2.60. The Kier molecular flexibility index (Phi) is 6.19. The Bertz CT molecular complexity index is 524. The second-order valence-electron chi connectivity index (χ2n) is 4.47. The highest BCUT2D eigenvalue weighted by Gasteiger charge is 2.24. The Balaban J connectivity index is 0.000000774. The van der Waals surface area contributed by atoms with Gasteiger partial charge >= 0.3 is 0 Å². The van der Waals surface area contributed by atoms with E-state index in [1.807, 2.05) is 13.8 Å². The summed E-state index contributed by atoms with van der Waals surface area (Å²) in [6.07, 6.45) is 0. The molecule has 0 atom stereocenters. The normalized spacial score (nSPS) is 9.86. The fourth-order valence-corrected chi connectivity index (χ4v) is 4.89. The lowest BCUT2D eigenvalue weighted by atomic mass is 10.4. The van der Waals surface area contributed by atoms with Gasteiger partial charge in [0.2, 0.25) is 0 Å². The molecule has 0 fully saturated rings. The third kappa shape index (κ3) is 4.03. The topological polar surface area (TPSA) is 0 Å². The van der Waals surface area contributed by atoms with Gasteiger partial charge in [0.25, 0.3) is 0 Å². The second-order valence-corrected chi connectivity index (χ2v) is 6.96. The van der Waals surface area contributed by atoms with Crippen molar-refractivity contribution in [2.24, 2.45) is 0 Å². The zero-order valence-electron chi connectivity index (χ0n) is 12.7. The summed E-state index contributed by atoms with van der Waals surface area (Å²) in [5.74, 6) is 0. The molecule has 21 heavy (non-hydrogen) atoms. The van der Waals surface area contributed by atoms with Gasteiger partial charge in [-0.2, -0.15) is 0 Å². The average molecular weight is 293 g/mol. The van der Waals surface area contributed by atoms with E-state index in [0.29, 0.717) is 0 Å². The molecule has 0 aliphatic carbocycles. The van der Waals surface area contributed by atoms with Crippen molar-refractivity contribution in [2.45, 2.75) is 13.8 Å². The fraction of sp³-hybridized carbons (Fsp3) is 0.100. The molecule has 0 N–H and O–H groups in total. The van der Waals surface area contributed by atoms with Crippen LogP contribution >= 0.6 is 7.92 Å². The van der Waals surface area contributed by atoms with Gasteiger partial charge in [0.1, 0.15) is 15.9 Å². The first kappa shape index (κ1) is 15.5. The van der Waals surface area contributed by atoms with Crippen LogP contribution in [0.15, 0.2) is 91.0 Å². The Hall–Kier alpha value is -1.91. The number of rotatable bonds is 3. The monoisotopic (exact) mass is 293 g/mol.